The van der Waals surface area contributed by atoms with E-state index < -0.39 is 17.6 Å². The fourth-order valence-corrected chi connectivity index (χ4v) is 2.39. The summed E-state index contributed by atoms with van der Waals surface area (Å²) in [5.41, 5.74) is 4.80. The molecule has 0 heterocycles. The topological polar surface area (TPSA) is 120 Å². The number of carbonyl (C=O) groups is 3. The number of nitrogens with one attached hydrogen (secondary N) is 2. The summed E-state index contributed by atoms with van der Waals surface area (Å²) in [5, 5.41) is 5.60. The van der Waals surface area contributed by atoms with Crippen molar-refractivity contribution in [1.82, 2.24) is 10.6 Å². The highest BCUT2D eigenvalue weighted by atomic mass is 16.6. The van der Waals surface area contributed by atoms with Crippen molar-refractivity contribution in [3.05, 3.63) is 29.8 Å². The van der Waals surface area contributed by atoms with Crippen LogP contribution < -0.4 is 21.1 Å². The monoisotopic (exact) mass is 393 g/mol. The Bertz CT molecular complexity index is 670. The summed E-state index contributed by atoms with van der Waals surface area (Å²) < 4.78 is 10.5. The zero-order valence-electron chi connectivity index (χ0n) is 17.0. The first-order valence-corrected chi connectivity index (χ1v) is 9.40. The highest BCUT2D eigenvalue weighted by Gasteiger charge is 2.20. The van der Waals surface area contributed by atoms with E-state index in [-0.39, 0.29) is 30.9 Å². The van der Waals surface area contributed by atoms with Gasteiger partial charge >= 0.3 is 6.09 Å². The number of rotatable bonds is 10. The highest BCUT2D eigenvalue weighted by Crippen LogP contribution is 2.18. The van der Waals surface area contributed by atoms with Crippen molar-refractivity contribution in [3.8, 4) is 5.75 Å². The van der Waals surface area contributed by atoms with Crippen LogP contribution in [0.2, 0.25) is 0 Å². The number of hydrogen-bond donors (Lipinski definition) is 3. The second-order valence-corrected chi connectivity index (χ2v) is 7.45. The predicted molar refractivity (Wildman–Crippen MR) is 106 cm³/mol. The summed E-state index contributed by atoms with van der Waals surface area (Å²) in [4.78, 5) is 35.5. The molecule has 8 heteroatoms. The normalized spacial score (nSPS) is 12.0. The molecule has 1 rings (SSSR count). The number of amides is 3. The highest BCUT2D eigenvalue weighted by molar-refractivity contribution is 5.97. The van der Waals surface area contributed by atoms with Crippen LogP contribution in [0.25, 0.3) is 0 Å². The third-order valence-corrected chi connectivity index (χ3v) is 3.63. The van der Waals surface area contributed by atoms with Crippen molar-refractivity contribution in [2.45, 2.75) is 58.6 Å². The van der Waals surface area contributed by atoms with Gasteiger partial charge in [0.15, 0.2) is 6.61 Å². The van der Waals surface area contributed by atoms with Crippen LogP contribution in [0.4, 0.5) is 4.79 Å². The van der Waals surface area contributed by atoms with Gasteiger partial charge < -0.3 is 25.8 Å². The fraction of sp³-hybridized carbons (Fsp3) is 0.550. The predicted octanol–water partition coefficient (Wildman–Crippen LogP) is 2.36. The second kappa shape index (κ2) is 11.2. The van der Waals surface area contributed by atoms with Crippen LogP contribution in [0, 0.1) is 0 Å². The molecule has 0 bridgehead atoms. The van der Waals surface area contributed by atoms with Crippen LogP contribution in [0.5, 0.6) is 5.75 Å². The Hall–Kier alpha value is -2.77. The lowest BCUT2D eigenvalue weighted by Crippen LogP contribution is -2.45. The second-order valence-electron chi connectivity index (χ2n) is 7.45. The fourth-order valence-electron chi connectivity index (χ4n) is 2.39. The molecule has 0 saturated heterocycles. The Morgan fingerprint density at radius 3 is 2.46 bits per heavy atom. The molecule has 28 heavy (non-hydrogen) atoms. The van der Waals surface area contributed by atoms with Crippen LogP contribution >= 0.6 is 0 Å². The maximum absolute atomic E-state index is 12.7. The number of alkyl carbamates (subject to hydrolysis) is 1. The number of ether oxygens (including phenoxy) is 2. The molecule has 1 aromatic rings. The molecule has 8 nitrogen and oxygen atoms in total. The van der Waals surface area contributed by atoms with E-state index in [1.165, 1.54) is 0 Å². The van der Waals surface area contributed by atoms with Gasteiger partial charge in [-0.2, -0.15) is 0 Å². The SMILES string of the molecule is CCCCC(CNC(=O)OC(C)(C)C)NC(=O)c1ccccc1OCC(N)=O. The number of nitrogens with two attached hydrogens (primary N) is 1. The van der Waals surface area contributed by atoms with Gasteiger partial charge in [-0.1, -0.05) is 31.9 Å². The Balaban J connectivity index is 2.76. The average Bonchev–Trinajstić information content (AvgIpc) is 2.60. The van der Waals surface area contributed by atoms with Crippen molar-refractivity contribution in [3.63, 3.8) is 0 Å². The molecular weight excluding hydrogens is 362 g/mol. The molecule has 0 radical (unpaired) electrons. The largest absolute Gasteiger partial charge is 0.483 e. The number of carbonyl (C=O) groups excluding carboxylic acids is 3. The van der Waals surface area contributed by atoms with E-state index in [1.54, 1.807) is 45.0 Å². The molecule has 1 unspecified atom stereocenters. The summed E-state index contributed by atoms with van der Waals surface area (Å²) in [6.07, 6.45) is 2.01. The zero-order chi connectivity index (χ0) is 21.2. The Morgan fingerprint density at radius 1 is 1.18 bits per heavy atom. The van der Waals surface area contributed by atoms with Gasteiger partial charge in [-0.25, -0.2) is 4.79 Å². The first kappa shape index (κ1) is 23.3. The van der Waals surface area contributed by atoms with Crippen LogP contribution in [0.1, 0.15) is 57.3 Å². The minimum Gasteiger partial charge on any atom is -0.483 e. The lowest BCUT2D eigenvalue weighted by Gasteiger charge is -2.23. The van der Waals surface area contributed by atoms with Crippen molar-refractivity contribution in [1.29, 1.82) is 0 Å². The van der Waals surface area contributed by atoms with Gasteiger partial charge in [0.1, 0.15) is 11.4 Å². The molecule has 1 atom stereocenters. The molecule has 1 aromatic carbocycles. The molecular formula is C20H31N3O5. The minimum absolute atomic E-state index is 0.241. The minimum atomic E-state index is -0.627. The maximum atomic E-state index is 12.7. The van der Waals surface area contributed by atoms with Crippen LogP contribution in [-0.4, -0.2) is 42.7 Å². The number of benzene rings is 1. The lowest BCUT2D eigenvalue weighted by molar-refractivity contribution is -0.119. The molecule has 4 N–H and O–H groups in total. The molecule has 156 valence electrons. The Kier molecular flexibility index (Phi) is 9.27. The van der Waals surface area contributed by atoms with E-state index in [9.17, 15) is 14.4 Å². The summed E-state index contributed by atoms with van der Waals surface area (Å²) in [6.45, 7) is 7.33. The van der Waals surface area contributed by atoms with Gasteiger partial charge in [-0.15, -0.1) is 0 Å². The Labute approximate surface area is 166 Å². The summed E-state index contributed by atoms with van der Waals surface area (Å²) >= 11 is 0. The summed E-state index contributed by atoms with van der Waals surface area (Å²) in [6, 6.07) is 6.32. The van der Waals surface area contributed by atoms with E-state index in [2.05, 4.69) is 10.6 Å². The third kappa shape index (κ3) is 9.25. The number of hydrogen-bond acceptors (Lipinski definition) is 5. The summed E-state index contributed by atoms with van der Waals surface area (Å²) in [5.74, 6) is -0.710. The van der Waals surface area contributed by atoms with Crippen molar-refractivity contribution in [2.75, 3.05) is 13.2 Å². The number of primary amides is 1. The Morgan fingerprint density at radius 2 is 1.86 bits per heavy atom. The first-order valence-electron chi connectivity index (χ1n) is 9.40. The van der Waals surface area contributed by atoms with E-state index in [0.29, 0.717) is 12.0 Å². The zero-order valence-corrected chi connectivity index (χ0v) is 17.0. The lowest BCUT2D eigenvalue weighted by atomic mass is 10.1. The standard InChI is InChI=1S/C20H31N3O5/c1-5-6-9-14(12-22-19(26)28-20(2,3)4)23-18(25)15-10-7-8-11-16(15)27-13-17(21)24/h7-8,10-11,14H,5-6,9,12-13H2,1-4H3,(H2,21,24)(H,22,26)(H,23,25). The quantitative estimate of drug-likeness (QED) is 0.564. The third-order valence-electron chi connectivity index (χ3n) is 3.63. The van der Waals surface area contributed by atoms with E-state index in [0.717, 1.165) is 12.8 Å². The molecule has 0 spiro atoms. The van der Waals surface area contributed by atoms with E-state index in [1.807, 2.05) is 6.92 Å². The van der Waals surface area contributed by atoms with Gasteiger partial charge in [0.05, 0.1) is 5.56 Å². The van der Waals surface area contributed by atoms with Crippen LogP contribution in [0.15, 0.2) is 24.3 Å². The molecule has 0 aliphatic rings. The average molecular weight is 393 g/mol. The summed E-state index contributed by atoms with van der Waals surface area (Å²) in [7, 11) is 0. The molecule has 3 amide bonds. The molecule has 0 aliphatic carbocycles. The first-order chi connectivity index (χ1) is 13.1. The van der Waals surface area contributed by atoms with Crippen molar-refractivity contribution >= 4 is 17.9 Å². The van der Waals surface area contributed by atoms with E-state index in [4.69, 9.17) is 15.2 Å². The maximum Gasteiger partial charge on any atom is 0.407 e. The molecule has 0 saturated carbocycles. The van der Waals surface area contributed by atoms with Gasteiger partial charge in [0.2, 0.25) is 0 Å². The number of unbranched alkanes of at least 4 members (excludes halogenated alkanes) is 1. The van der Waals surface area contributed by atoms with Crippen LogP contribution in [0.3, 0.4) is 0 Å². The molecule has 0 aliphatic heterocycles. The van der Waals surface area contributed by atoms with Gasteiger partial charge in [0.25, 0.3) is 11.8 Å². The smallest absolute Gasteiger partial charge is 0.407 e. The van der Waals surface area contributed by atoms with Gasteiger partial charge in [0, 0.05) is 12.6 Å². The molecule has 0 aromatic heterocycles. The van der Waals surface area contributed by atoms with E-state index >= 15 is 0 Å². The van der Waals surface area contributed by atoms with Gasteiger partial charge in [-0.05, 0) is 39.3 Å². The van der Waals surface area contributed by atoms with Gasteiger partial charge in [-0.3, -0.25) is 9.59 Å². The van der Waals surface area contributed by atoms with Crippen molar-refractivity contribution in [2.24, 2.45) is 5.73 Å². The van der Waals surface area contributed by atoms with Crippen LogP contribution in [-0.2, 0) is 9.53 Å². The molecule has 0 fully saturated rings. The number of para-hydroxylation sites is 1. The van der Waals surface area contributed by atoms with Crippen molar-refractivity contribution < 1.29 is 23.9 Å².